The second-order valence-corrected chi connectivity index (χ2v) is 9.63. The van der Waals surface area contributed by atoms with Gasteiger partial charge < -0.3 is 25.8 Å². The Morgan fingerprint density at radius 2 is 2.03 bits per heavy atom. The smallest absolute Gasteiger partial charge is 0.345 e. The lowest BCUT2D eigenvalue weighted by atomic mass is 10.1. The van der Waals surface area contributed by atoms with E-state index in [1.807, 2.05) is 30.3 Å². The number of ether oxygens (including phenoxy) is 1. The number of aliphatic carboxylic acids is 1. The van der Waals surface area contributed by atoms with Crippen molar-refractivity contribution in [3.8, 4) is 0 Å². The summed E-state index contributed by atoms with van der Waals surface area (Å²) in [6.45, 7) is 2.06. The summed E-state index contributed by atoms with van der Waals surface area (Å²) in [6, 6.07) is 7.96. The summed E-state index contributed by atoms with van der Waals surface area (Å²) < 4.78 is 5.34. The molecule has 0 saturated carbocycles. The van der Waals surface area contributed by atoms with Gasteiger partial charge in [-0.05, 0) is 50.5 Å². The molecule has 1 aromatic rings. The molecule has 2 aliphatic heterocycles. The van der Waals surface area contributed by atoms with Crippen LogP contribution in [0.25, 0.3) is 0 Å². The van der Waals surface area contributed by atoms with Gasteiger partial charge in [0.15, 0.2) is 11.3 Å². The molecule has 1 fully saturated rings. The zero-order valence-electron chi connectivity index (χ0n) is 19.4. The Morgan fingerprint density at radius 1 is 1.24 bits per heavy atom. The van der Waals surface area contributed by atoms with Crippen LogP contribution in [0.4, 0.5) is 0 Å². The van der Waals surface area contributed by atoms with Crippen LogP contribution in [0.3, 0.4) is 0 Å². The van der Waals surface area contributed by atoms with Crippen LogP contribution in [0.15, 0.2) is 35.3 Å². The van der Waals surface area contributed by atoms with Gasteiger partial charge in [-0.1, -0.05) is 42.1 Å². The molecule has 3 atom stereocenters. The molecule has 186 valence electrons. The Balaban J connectivity index is 1.44. The van der Waals surface area contributed by atoms with Crippen molar-refractivity contribution in [3.05, 3.63) is 35.9 Å². The number of amidine groups is 1. The van der Waals surface area contributed by atoms with Gasteiger partial charge in [0.25, 0.3) is 0 Å². The first kappa shape index (κ1) is 26.0. The standard InChI is InChI=1S/C24H34N4O5S/c25-18(9-4-5-13-26-24-27-14-16-34-24)21(29)28-15-6-10-19(28)23(32)33-20(22(30)31)12-11-17-7-2-1-3-8-17/h1-3,7-8,18-20H,4-6,9-16,25H2,(H,26,27)(H,30,31)/t18-,19-,20-/m0/s1. The van der Waals surface area contributed by atoms with Crippen molar-refractivity contribution in [1.29, 1.82) is 0 Å². The molecular formula is C24H34N4O5S. The Labute approximate surface area is 204 Å². The summed E-state index contributed by atoms with van der Waals surface area (Å²) in [4.78, 5) is 43.2. The number of benzene rings is 1. The molecule has 0 bridgehead atoms. The third-order valence-electron chi connectivity index (χ3n) is 6.00. The number of nitrogens with one attached hydrogen (secondary N) is 1. The lowest BCUT2D eigenvalue weighted by molar-refractivity contribution is -0.168. The van der Waals surface area contributed by atoms with Crippen molar-refractivity contribution in [3.63, 3.8) is 0 Å². The van der Waals surface area contributed by atoms with Gasteiger partial charge >= 0.3 is 11.9 Å². The molecule has 1 saturated heterocycles. The lowest BCUT2D eigenvalue weighted by Crippen LogP contribution is -2.49. The maximum absolute atomic E-state index is 12.9. The zero-order valence-corrected chi connectivity index (χ0v) is 20.2. The molecule has 4 N–H and O–H groups in total. The molecule has 0 spiro atoms. The van der Waals surface area contributed by atoms with Gasteiger partial charge in [-0.15, -0.1) is 0 Å². The molecular weight excluding hydrogens is 456 g/mol. The van der Waals surface area contributed by atoms with E-state index in [0.29, 0.717) is 32.2 Å². The van der Waals surface area contributed by atoms with Crippen molar-refractivity contribution in [2.45, 2.75) is 63.1 Å². The molecule has 0 aromatic heterocycles. The molecule has 2 heterocycles. The predicted molar refractivity (Wildman–Crippen MR) is 132 cm³/mol. The summed E-state index contributed by atoms with van der Waals surface area (Å²) in [7, 11) is 0. The number of aliphatic imine (C=N–C) groups is 1. The number of esters is 1. The number of aryl methyl sites for hydroxylation is 1. The number of carbonyl (C=O) groups excluding carboxylic acids is 2. The lowest BCUT2D eigenvalue weighted by Gasteiger charge is -2.27. The number of hydrogen-bond acceptors (Lipinski definition) is 8. The highest BCUT2D eigenvalue weighted by atomic mass is 32.2. The average Bonchev–Trinajstić information content (AvgIpc) is 3.53. The monoisotopic (exact) mass is 490 g/mol. The third kappa shape index (κ3) is 7.73. The van der Waals surface area contributed by atoms with Crippen LogP contribution in [-0.4, -0.2) is 76.6 Å². The minimum Gasteiger partial charge on any atom is -0.479 e. The summed E-state index contributed by atoms with van der Waals surface area (Å²) in [6.07, 6.45) is 2.67. The van der Waals surface area contributed by atoms with Crippen LogP contribution in [0.5, 0.6) is 0 Å². The number of rotatable bonds is 12. The van der Waals surface area contributed by atoms with Gasteiger partial charge in [-0.25, -0.2) is 9.59 Å². The quantitative estimate of drug-likeness (QED) is 0.298. The number of amides is 1. The molecule has 9 nitrogen and oxygen atoms in total. The first-order valence-corrected chi connectivity index (χ1v) is 12.9. The fraction of sp³-hybridized carbons (Fsp3) is 0.583. The molecule has 34 heavy (non-hydrogen) atoms. The van der Waals surface area contributed by atoms with E-state index >= 15 is 0 Å². The third-order valence-corrected chi connectivity index (χ3v) is 6.93. The van der Waals surface area contributed by atoms with E-state index in [0.717, 1.165) is 42.4 Å². The van der Waals surface area contributed by atoms with Crippen molar-refractivity contribution < 1.29 is 24.2 Å². The highest BCUT2D eigenvalue weighted by Crippen LogP contribution is 2.22. The number of hydrogen-bond donors (Lipinski definition) is 3. The van der Waals surface area contributed by atoms with Crippen LogP contribution in [0.1, 0.15) is 44.1 Å². The van der Waals surface area contributed by atoms with Crippen molar-refractivity contribution in [2.24, 2.45) is 10.7 Å². The Hall–Kier alpha value is -2.59. The first-order chi connectivity index (χ1) is 16.5. The van der Waals surface area contributed by atoms with Crippen molar-refractivity contribution >= 4 is 34.8 Å². The largest absolute Gasteiger partial charge is 0.479 e. The Bertz CT molecular complexity index is 866. The van der Waals surface area contributed by atoms with E-state index in [2.05, 4.69) is 10.3 Å². The van der Waals surface area contributed by atoms with E-state index in [9.17, 15) is 19.5 Å². The maximum atomic E-state index is 12.9. The second kappa shape index (κ2) is 13.3. The minimum absolute atomic E-state index is 0.171. The van der Waals surface area contributed by atoms with E-state index < -0.39 is 30.1 Å². The van der Waals surface area contributed by atoms with Gasteiger partial charge in [-0.2, -0.15) is 0 Å². The fourth-order valence-corrected chi connectivity index (χ4v) is 4.90. The highest BCUT2D eigenvalue weighted by Gasteiger charge is 2.38. The summed E-state index contributed by atoms with van der Waals surface area (Å²) >= 11 is 1.71. The zero-order chi connectivity index (χ0) is 24.3. The van der Waals surface area contributed by atoms with Crippen LogP contribution in [0, 0.1) is 0 Å². The molecule has 0 unspecified atom stereocenters. The van der Waals surface area contributed by atoms with Crippen molar-refractivity contribution in [2.75, 3.05) is 25.4 Å². The fourth-order valence-electron chi connectivity index (χ4n) is 4.13. The molecule has 10 heteroatoms. The van der Waals surface area contributed by atoms with Gasteiger partial charge in [0, 0.05) is 18.8 Å². The summed E-state index contributed by atoms with van der Waals surface area (Å²) in [5.74, 6) is -1.12. The van der Waals surface area contributed by atoms with E-state index in [1.165, 1.54) is 4.90 Å². The number of nitrogens with zero attached hydrogens (tertiary/aromatic N) is 2. The van der Waals surface area contributed by atoms with Gasteiger partial charge in [0.1, 0.15) is 6.04 Å². The van der Waals surface area contributed by atoms with Gasteiger partial charge in [0.05, 0.1) is 12.6 Å². The van der Waals surface area contributed by atoms with Gasteiger partial charge in [0.2, 0.25) is 5.91 Å². The molecule has 1 amide bonds. The molecule has 0 aliphatic carbocycles. The van der Waals surface area contributed by atoms with Gasteiger partial charge in [-0.3, -0.25) is 9.79 Å². The number of carbonyl (C=O) groups is 3. The topological polar surface area (TPSA) is 134 Å². The maximum Gasteiger partial charge on any atom is 0.345 e. The number of unbranched alkanes of at least 4 members (excludes halogenated alkanes) is 1. The van der Waals surface area contributed by atoms with Crippen LogP contribution < -0.4 is 11.1 Å². The summed E-state index contributed by atoms with van der Waals surface area (Å²) in [5.41, 5.74) is 7.11. The first-order valence-electron chi connectivity index (χ1n) is 11.9. The van der Waals surface area contributed by atoms with E-state index in [-0.39, 0.29) is 12.3 Å². The molecule has 1 aromatic carbocycles. The second-order valence-electron chi connectivity index (χ2n) is 8.54. The normalized spacial score (nSPS) is 19.4. The number of thioether (sulfide) groups is 1. The number of carboxylic acid groups (broad SMARTS) is 1. The Morgan fingerprint density at radius 3 is 2.74 bits per heavy atom. The predicted octanol–water partition coefficient (Wildman–Crippen LogP) is 1.80. The highest BCUT2D eigenvalue weighted by molar-refractivity contribution is 8.14. The van der Waals surface area contributed by atoms with Crippen LogP contribution in [0.2, 0.25) is 0 Å². The van der Waals surface area contributed by atoms with Crippen LogP contribution >= 0.6 is 11.8 Å². The molecule has 2 aliphatic rings. The minimum atomic E-state index is -1.26. The van der Waals surface area contributed by atoms with E-state index in [1.54, 1.807) is 11.8 Å². The Kier molecular flexibility index (Phi) is 10.2. The molecule has 3 rings (SSSR count). The number of likely N-dealkylation sites (tertiary alicyclic amines) is 1. The van der Waals surface area contributed by atoms with Crippen molar-refractivity contribution in [1.82, 2.24) is 10.2 Å². The average molecular weight is 491 g/mol. The van der Waals surface area contributed by atoms with Crippen LogP contribution in [-0.2, 0) is 25.5 Å². The number of nitrogens with two attached hydrogens (primary N) is 1. The van der Waals surface area contributed by atoms with E-state index in [4.69, 9.17) is 10.5 Å². The SMILES string of the molecule is N[C@@H](CCCCNC1=NCCS1)C(=O)N1CCC[C@H]1C(=O)O[C@@H](CCc1ccccc1)C(=O)O. The summed E-state index contributed by atoms with van der Waals surface area (Å²) in [5, 5.41) is 13.8. The number of carboxylic acids is 1. The molecule has 0 radical (unpaired) electrons.